The summed E-state index contributed by atoms with van der Waals surface area (Å²) in [6.07, 6.45) is 1.53. The highest BCUT2D eigenvalue weighted by Crippen LogP contribution is 2.29. The number of halogens is 4. The summed E-state index contributed by atoms with van der Waals surface area (Å²) in [5, 5.41) is 10.2. The van der Waals surface area contributed by atoms with Crippen LogP contribution in [0.4, 0.5) is 8.78 Å². The van der Waals surface area contributed by atoms with Gasteiger partial charge in [0.25, 0.3) is 5.56 Å². The monoisotopic (exact) mass is 546 g/mol. The molecule has 0 saturated carbocycles. The van der Waals surface area contributed by atoms with E-state index in [2.05, 4.69) is 15.0 Å². The fourth-order valence-electron chi connectivity index (χ4n) is 3.59. The first-order valence-electron chi connectivity index (χ1n) is 11.1. The smallest absolute Gasteiger partial charge is 0.280 e. The quantitative estimate of drug-likeness (QED) is 0.333. The van der Waals surface area contributed by atoms with E-state index in [1.807, 2.05) is 0 Å². The first kappa shape index (κ1) is 26.7. The SMILES string of the molecule is Cc1c(F)ccc(COc2nc(C)n(-c3cc(-c4ccnc(C(C)(C)O)n4)ccc3Cl)c(=O)c2Cl)c1F. The summed E-state index contributed by atoms with van der Waals surface area (Å²) in [4.78, 5) is 26.1. The molecule has 0 amide bonds. The number of hydrogen-bond donors (Lipinski definition) is 1. The highest BCUT2D eigenvalue weighted by Gasteiger charge is 2.22. The summed E-state index contributed by atoms with van der Waals surface area (Å²) in [6, 6.07) is 9.00. The molecular formula is C26H22Cl2F2N4O3. The van der Waals surface area contributed by atoms with Gasteiger partial charge in [-0.3, -0.25) is 9.36 Å². The largest absolute Gasteiger partial charge is 0.471 e. The van der Waals surface area contributed by atoms with E-state index in [-0.39, 0.29) is 45.3 Å². The van der Waals surface area contributed by atoms with Gasteiger partial charge in [0.15, 0.2) is 10.8 Å². The molecule has 0 fully saturated rings. The zero-order valence-electron chi connectivity index (χ0n) is 20.3. The molecule has 2 aromatic heterocycles. The molecule has 37 heavy (non-hydrogen) atoms. The van der Waals surface area contributed by atoms with E-state index in [9.17, 15) is 18.7 Å². The van der Waals surface area contributed by atoms with Crippen molar-refractivity contribution >= 4 is 23.2 Å². The molecule has 1 N–H and O–H groups in total. The average Bonchev–Trinajstić information content (AvgIpc) is 2.85. The Morgan fingerprint density at radius 3 is 2.51 bits per heavy atom. The van der Waals surface area contributed by atoms with E-state index in [4.69, 9.17) is 27.9 Å². The van der Waals surface area contributed by atoms with E-state index < -0.39 is 22.8 Å². The first-order chi connectivity index (χ1) is 17.4. The Hall–Kier alpha value is -3.40. The third-order valence-electron chi connectivity index (χ3n) is 5.62. The second-order valence-electron chi connectivity index (χ2n) is 8.84. The van der Waals surface area contributed by atoms with Crippen LogP contribution in [0.15, 0.2) is 47.4 Å². The summed E-state index contributed by atoms with van der Waals surface area (Å²) in [5.41, 5.74) is -0.542. The fourth-order valence-corrected chi connectivity index (χ4v) is 3.98. The molecule has 7 nitrogen and oxygen atoms in total. The molecule has 2 aromatic carbocycles. The van der Waals surface area contributed by atoms with E-state index in [0.29, 0.717) is 16.9 Å². The number of aromatic nitrogens is 4. The van der Waals surface area contributed by atoms with Gasteiger partial charge >= 0.3 is 0 Å². The summed E-state index contributed by atoms with van der Waals surface area (Å²) >= 11 is 12.7. The fraction of sp³-hybridized carbons (Fsp3) is 0.231. The lowest BCUT2D eigenvalue weighted by Gasteiger charge is -2.17. The van der Waals surface area contributed by atoms with Crippen molar-refractivity contribution in [3.05, 3.63) is 97.4 Å². The summed E-state index contributed by atoms with van der Waals surface area (Å²) in [7, 11) is 0. The van der Waals surface area contributed by atoms with Gasteiger partial charge in [0.05, 0.1) is 16.4 Å². The Labute approximate surface area is 221 Å². The van der Waals surface area contributed by atoms with Crippen molar-refractivity contribution < 1.29 is 18.6 Å². The molecule has 0 unspecified atom stereocenters. The van der Waals surface area contributed by atoms with Crippen molar-refractivity contribution in [2.45, 2.75) is 39.9 Å². The highest BCUT2D eigenvalue weighted by atomic mass is 35.5. The van der Waals surface area contributed by atoms with Gasteiger partial charge in [0, 0.05) is 22.9 Å². The minimum absolute atomic E-state index is 0.0876. The summed E-state index contributed by atoms with van der Waals surface area (Å²) in [6.45, 7) is 5.72. The van der Waals surface area contributed by atoms with Gasteiger partial charge in [-0.15, -0.1) is 0 Å². The van der Waals surface area contributed by atoms with E-state index in [0.717, 1.165) is 6.07 Å². The minimum Gasteiger partial charge on any atom is -0.471 e. The van der Waals surface area contributed by atoms with Gasteiger partial charge in [-0.25, -0.2) is 18.7 Å². The van der Waals surface area contributed by atoms with Gasteiger partial charge in [-0.1, -0.05) is 29.3 Å². The first-order valence-corrected chi connectivity index (χ1v) is 11.9. The topological polar surface area (TPSA) is 90.1 Å². The van der Waals surface area contributed by atoms with Crippen LogP contribution in [-0.4, -0.2) is 24.6 Å². The number of nitrogens with zero attached hydrogens (tertiary/aromatic N) is 4. The van der Waals surface area contributed by atoms with Crippen LogP contribution in [0.1, 0.15) is 36.6 Å². The van der Waals surface area contributed by atoms with Crippen molar-refractivity contribution in [3.8, 4) is 22.8 Å². The predicted molar refractivity (Wildman–Crippen MR) is 136 cm³/mol. The Kier molecular flexibility index (Phi) is 7.32. The van der Waals surface area contributed by atoms with Crippen LogP contribution in [0.3, 0.4) is 0 Å². The third kappa shape index (κ3) is 5.34. The lowest BCUT2D eigenvalue weighted by Crippen LogP contribution is -2.24. The van der Waals surface area contributed by atoms with Crippen LogP contribution in [0.5, 0.6) is 5.88 Å². The molecule has 0 bridgehead atoms. The second kappa shape index (κ2) is 10.2. The van der Waals surface area contributed by atoms with Crippen LogP contribution in [-0.2, 0) is 12.2 Å². The Morgan fingerprint density at radius 2 is 1.81 bits per heavy atom. The van der Waals surface area contributed by atoms with Crippen molar-refractivity contribution in [2.75, 3.05) is 0 Å². The second-order valence-corrected chi connectivity index (χ2v) is 9.63. The van der Waals surface area contributed by atoms with Crippen LogP contribution < -0.4 is 10.3 Å². The van der Waals surface area contributed by atoms with Gasteiger partial charge < -0.3 is 9.84 Å². The van der Waals surface area contributed by atoms with Crippen molar-refractivity contribution in [1.29, 1.82) is 0 Å². The molecule has 0 radical (unpaired) electrons. The zero-order valence-corrected chi connectivity index (χ0v) is 21.8. The van der Waals surface area contributed by atoms with Gasteiger partial charge in [-0.05, 0) is 58.0 Å². The average molecular weight is 547 g/mol. The maximum absolute atomic E-state index is 14.3. The Bertz CT molecular complexity index is 1570. The van der Waals surface area contributed by atoms with Crippen LogP contribution >= 0.6 is 23.2 Å². The molecule has 0 aliphatic carbocycles. The van der Waals surface area contributed by atoms with Crippen LogP contribution in [0.2, 0.25) is 10.0 Å². The molecule has 4 rings (SSSR count). The van der Waals surface area contributed by atoms with Gasteiger partial charge in [0.2, 0.25) is 5.88 Å². The standard InChI is InChI=1S/C26H22Cl2F2N4O3/c1-13-18(29)8-6-16(22(13)30)12-37-23-21(28)24(35)34(14(2)32-23)20-11-15(5-7-17(20)27)19-9-10-31-25(33-19)26(3,4)36/h5-11,36H,12H2,1-4H3. The Morgan fingerprint density at radius 1 is 1.08 bits per heavy atom. The maximum Gasteiger partial charge on any atom is 0.280 e. The minimum atomic E-state index is -1.25. The lowest BCUT2D eigenvalue weighted by molar-refractivity contribution is 0.0688. The molecule has 0 atom stereocenters. The number of benzene rings is 2. The zero-order chi connectivity index (χ0) is 27.1. The van der Waals surface area contributed by atoms with E-state index >= 15 is 0 Å². The molecule has 4 aromatic rings. The molecule has 192 valence electrons. The Balaban J connectivity index is 1.72. The van der Waals surface area contributed by atoms with Gasteiger partial charge in [-0.2, -0.15) is 4.98 Å². The number of aliphatic hydroxyl groups is 1. The number of aryl methyl sites for hydroxylation is 1. The van der Waals surface area contributed by atoms with Crippen molar-refractivity contribution in [1.82, 2.24) is 19.5 Å². The lowest BCUT2D eigenvalue weighted by atomic mass is 10.1. The summed E-state index contributed by atoms with van der Waals surface area (Å²) in [5.74, 6) is -1.18. The van der Waals surface area contributed by atoms with Crippen molar-refractivity contribution in [3.63, 3.8) is 0 Å². The number of ether oxygens (including phenoxy) is 1. The normalized spacial score (nSPS) is 11.6. The molecule has 2 heterocycles. The predicted octanol–water partition coefficient (Wildman–Crippen LogP) is 5.70. The molecule has 0 spiro atoms. The number of rotatable bonds is 6. The van der Waals surface area contributed by atoms with Crippen LogP contribution in [0, 0.1) is 25.5 Å². The molecule has 11 heteroatoms. The summed E-state index contributed by atoms with van der Waals surface area (Å²) < 4.78 is 34.6. The highest BCUT2D eigenvalue weighted by molar-refractivity contribution is 6.33. The number of hydrogen-bond acceptors (Lipinski definition) is 6. The van der Waals surface area contributed by atoms with Crippen molar-refractivity contribution in [2.24, 2.45) is 0 Å². The van der Waals surface area contributed by atoms with Gasteiger partial charge in [0.1, 0.15) is 29.7 Å². The molecule has 0 aliphatic rings. The van der Waals surface area contributed by atoms with E-state index in [1.165, 1.54) is 23.8 Å². The van der Waals surface area contributed by atoms with Crippen LogP contribution in [0.25, 0.3) is 16.9 Å². The molecule has 0 saturated heterocycles. The van der Waals surface area contributed by atoms with E-state index in [1.54, 1.807) is 45.0 Å². The third-order valence-corrected chi connectivity index (χ3v) is 6.26. The molecule has 0 aliphatic heterocycles. The molecular weight excluding hydrogens is 525 g/mol. The maximum atomic E-state index is 14.3.